The van der Waals surface area contributed by atoms with Crippen molar-refractivity contribution in [2.24, 2.45) is 0 Å². The number of anilines is 1. The number of aryl methyl sites for hydroxylation is 1. The number of ether oxygens (including phenoxy) is 1. The maximum Gasteiger partial charge on any atom is 0.232 e. The van der Waals surface area contributed by atoms with Crippen LogP contribution in [0, 0.1) is 6.92 Å². The summed E-state index contributed by atoms with van der Waals surface area (Å²) in [6.45, 7) is 2.04. The number of hydrogen-bond acceptors (Lipinski definition) is 2. The van der Waals surface area contributed by atoms with Crippen LogP contribution in [-0.4, -0.2) is 13.0 Å². The predicted octanol–water partition coefficient (Wildman–Crippen LogP) is 4.04. The molecule has 0 aliphatic carbocycles. The SMILES string of the molecule is COc1ccc(Br)c(C[C@H]2C(=O)Nc3ccc(C)cc32)c1. The van der Waals surface area contributed by atoms with Gasteiger partial charge in [-0.2, -0.15) is 0 Å². The van der Waals surface area contributed by atoms with E-state index in [0.717, 1.165) is 27.0 Å². The van der Waals surface area contributed by atoms with E-state index in [1.165, 1.54) is 5.56 Å². The highest BCUT2D eigenvalue weighted by atomic mass is 79.9. The molecule has 3 nitrogen and oxygen atoms in total. The highest BCUT2D eigenvalue weighted by molar-refractivity contribution is 9.10. The standard InChI is InChI=1S/C17H16BrNO2/c1-10-3-6-16-13(7-10)14(17(20)19-16)9-11-8-12(21-2)4-5-15(11)18/h3-8,14H,9H2,1-2H3,(H,19,20)/t14-/m1/s1. The molecule has 0 saturated heterocycles. The topological polar surface area (TPSA) is 38.3 Å². The molecule has 1 aliphatic rings. The van der Waals surface area contributed by atoms with E-state index in [0.29, 0.717) is 6.42 Å². The molecule has 2 aromatic rings. The fraction of sp³-hybridized carbons (Fsp3) is 0.235. The Morgan fingerprint density at radius 1 is 1.24 bits per heavy atom. The zero-order valence-corrected chi connectivity index (χ0v) is 13.5. The van der Waals surface area contributed by atoms with Gasteiger partial charge >= 0.3 is 0 Å². The van der Waals surface area contributed by atoms with Gasteiger partial charge in [-0.3, -0.25) is 4.79 Å². The average molecular weight is 346 g/mol. The summed E-state index contributed by atoms with van der Waals surface area (Å²) < 4.78 is 6.27. The molecule has 3 rings (SSSR count). The normalized spacial score (nSPS) is 16.5. The molecule has 0 spiro atoms. The summed E-state index contributed by atoms with van der Waals surface area (Å²) in [7, 11) is 1.65. The minimum absolute atomic E-state index is 0.0605. The van der Waals surface area contributed by atoms with Gasteiger partial charge in [0, 0.05) is 10.2 Å². The first-order chi connectivity index (χ1) is 10.1. The minimum Gasteiger partial charge on any atom is -0.497 e. The monoisotopic (exact) mass is 345 g/mol. The van der Waals surface area contributed by atoms with E-state index in [4.69, 9.17) is 4.74 Å². The molecule has 4 heteroatoms. The van der Waals surface area contributed by atoms with Gasteiger partial charge < -0.3 is 10.1 Å². The molecule has 1 atom stereocenters. The van der Waals surface area contributed by atoms with Crippen molar-refractivity contribution in [1.82, 2.24) is 0 Å². The Labute approximate surface area is 132 Å². The highest BCUT2D eigenvalue weighted by Crippen LogP contribution is 2.37. The fourth-order valence-corrected chi connectivity index (χ4v) is 3.11. The molecule has 0 saturated carbocycles. The summed E-state index contributed by atoms with van der Waals surface area (Å²) in [5.74, 6) is 0.713. The maximum atomic E-state index is 12.3. The average Bonchev–Trinajstić information content (AvgIpc) is 2.77. The molecular formula is C17H16BrNO2. The van der Waals surface area contributed by atoms with Gasteiger partial charge in [0.25, 0.3) is 0 Å². The van der Waals surface area contributed by atoms with Gasteiger partial charge in [0.15, 0.2) is 0 Å². The Balaban J connectivity index is 1.96. The Morgan fingerprint density at radius 2 is 2.05 bits per heavy atom. The Bertz CT molecular complexity index is 712. The quantitative estimate of drug-likeness (QED) is 0.911. The first-order valence-corrected chi connectivity index (χ1v) is 7.61. The van der Waals surface area contributed by atoms with Crippen molar-refractivity contribution in [1.29, 1.82) is 0 Å². The third-order valence-corrected chi connectivity index (χ3v) is 4.61. The van der Waals surface area contributed by atoms with Crippen molar-refractivity contribution in [3.63, 3.8) is 0 Å². The first kappa shape index (κ1) is 14.1. The molecular weight excluding hydrogens is 330 g/mol. The van der Waals surface area contributed by atoms with Gasteiger partial charge in [-0.15, -0.1) is 0 Å². The molecule has 0 radical (unpaired) electrons. The zero-order valence-electron chi connectivity index (χ0n) is 11.9. The van der Waals surface area contributed by atoms with Crippen molar-refractivity contribution in [2.75, 3.05) is 12.4 Å². The van der Waals surface area contributed by atoms with Gasteiger partial charge in [-0.25, -0.2) is 0 Å². The number of amides is 1. The second kappa shape index (κ2) is 5.53. The third-order valence-electron chi connectivity index (χ3n) is 3.83. The number of methoxy groups -OCH3 is 1. The van der Waals surface area contributed by atoms with Gasteiger partial charge in [-0.05, 0) is 48.7 Å². The van der Waals surface area contributed by atoms with Gasteiger partial charge in [0.1, 0.15) is 5.75 Å². The number of halogens is 1. The van der Waals surface area contributed by atoms with Crippen molar-refractivity contribution in [3.05, 3.63) is 57.6 Å². The molecule has 1 aliphatic heterocycles. The second-order valence-corrected chi connectivity index (χ2v) is 6.15. The number of fused-ring (bicyclic) bond motifs is 1. The third kappa shape index (κ3) is 2.68. The molecule has 0 aromatic heterocycles. The zero-order chi connectivity index (χ0) is 15.0. The molecule has 108 valence electrons. The van der Waals surface area contributed by atoms with Gasteiger partial charge in [-0.1, -0.05) is 33.6 Å². The summed E-state index contributed by atoms with van der Waals surface area (Å²) in [5, 5.41) is 2.96. The molecule has 21 heavy (non-hydrogen) atoms. The van der Waals surface area contributed by atoms with Gasteiger partial charge in [0.05, 0.1) is 13.0 Å². The van der Waals surface area contributed by atoms with Crippen LogP contribution in [0.15, 0.2) is 40.9 Å². The van der Waals surface area contributed by atoms with Gasteiger partial charge in [0.2, 0.25) is 5.91 Å². The largest absolute Gasteiger partial charge is 0.497 e. The molecule has 0 fully saturated rings. The van der Waals surface area contributed by atoms with Crippen molar-refractivity contribution in [2.45, 2.75) is 19.3 Å². The molecule has 0 bridgehead atoms. The van der Waals surface area contributed by atoms with E-state index in [1.54, 1.807) is 7.11 Å². The summed E-state index contributed by atoms with van der Waals surface area (Å²) in [5.41, 5.74) is 4.24. The number of nitrogens with one attached hydrogen (secondary N) is 1. The molecule has 0 unspecified atom stereocenters. The van der Waals surface area contributed by atoms with Crippen LogP contribution in [0.2, 0.25) is 0 Å². The lowest BCUT2D eigenvalue weighted by Crippen LogP contribution is -2.14. The summed E-state index contributed by atoms with van der Waals surface area (Å²) >= 11 is 3.55. The van der Waals surface area contributed by atoms with E-state index in [1.807, 2.05) is 37.3 Å². The van der Waals surface area contributed by atoms with E-state index in [9.17, 15) is 4.79 Å². The molecule has 1 N–H and O–H groups in total. The van der Waals surface area contributed by atoms with Crippen LogP contribution in [0.3, 0.4) is 0 Å². The number of rotatable bonds is 3. The van der Waals surface area contributed by atoms with Crippen LogP contribution in [0.1, 0.15) is 22.6 Å². The van der Waals surface area contributed by atoms with Crippen LogP contribution in [0.4, 0.5) is 5.69 Å². The van der Waals surface area contributed by atoms with Crippen LogP contribution >= 0.6 is 15.9 Å². The predicted molar refractivity (Wildman–Crippen MR) is 86.9 cm³/mol. The smallest absolute Gasteiger partial charge is 0.232 e. The Kier molecular flexibility index (Phi) is 3.72. The maximum absolute atomic E-state index is 12.3. The lowest BCUT2D eigenvalue weighted by atomic mass is 9.92. The summed E-state index contributed by atoms with van der Waals surface area (Å²) in [4.78, 5) is 12.3. The summed E-state index contributed by atoms with van der Waals surface area (Å²) in [6, 6.07) is 11.9. The van der Waals surface area contributed by atoms with Crippen LogP contribution in [0.5, 0.6) is 5.75 Å². The number of carbonyl (C=O) groups excluding carboxylic acids is 1. The fourth-order valence-electron chi connectivity index (χ4n) is 2.70. The second-order valence-electron chi connectivity index (χ2n) is 5.29. The van der Waals surface area contributed by atoms with Crippen LogP contribution in [-0.2, 0) is 11.2 Å². The van der Waals surface area contributed by atoms with Crippen LogP contribution in [0.25, 0.3) is 0 Å². The minimum atomic E-state index is -0.150. The molecule has 1 heterocycles. The van der Waals surface area contributed by atoms with Crippen molar-refractivity contribution < 1.29 is 9.53 Å². The number of benzene rings is 2. The van der Waals surface area contributed by atoms with Crippen LogP contribution < -0.4 is 10.1 Å². The van der Waals surface area contributed by atoms with Crippen molar-refractivity contribution >= 4 is 27.5 Å². The molecule has 1 amide bonds. The van der Waals surface area contributed by atoms with E-state index >= 15 is 0 Å². The number of carbonyl (C=O) groups is 1. The Morgan fingerprint density at radius 3 is 2.81 bits per heavy atom. The van der Waals surface area contributed by atoms with Crippen molar-refractivity contribution in [3.8, 4) is 5.75 Å². The first-order valence-electron chi connectivity index (χ1n) is 6.82. The number of hydrogen-bond donors (Lipinski definition) is 1. The lowest BCUT2D eigenvalue weighted by Gasteiger charge is -2.12. The lowest BCUT2D eigenvalue weighted by molar-refractivity contribution is -0.117. The molecule has 2 aromatic carbocycles. The highest BCUT2D eigenvalue weighted by Gasteiger charge is 2.31. The van der Waals surface area contributed by atoms with E-state index in [2.05, 4.69) is 27.3 Å². The Hall–Kier alpha value is -1.81. The summed E-state index contributed by atoms with van der Waals surface area (Å²) in [6.07, 6.45) is 0.653. The van der Waals surface area contributed by atoms with E-state index in [-0.39, 0.29) is 11.8 Å². The van der Waals surface area contributed by atoms with E-state index < -0.39 is 0 Å².